The van der Waals surface area contributed by atoms with Crippen molar-refractivity contribution in [2.24, 2.45) is 10.4 Å². The molecule has 0 aromatic carbocycles. The molecule has 1 saturated heterocycles. The molecular weight excluding hydrogens is 310 g/mol. The molecule has 132 valence electrons. The summed E-state index contributed by atoms with van der Waals surface area (Å²) in [7, 11) is -3.25. The molecular formula is C17H31N3O2S. The summed E-state index contributed by atoms with van der Waals surface area (Å²) in [4.78, 5) is 7.18. The minimum Gasteiger partial charge on any atom is -0.332 e. The summed E-state index contributed by atoms with van der Waals surface area (Å²) in [6.45, 7) is 14.9. The van der Waals surface area contributed by atoms with Crippen LogP contribution in [-0.4, -0.2) is 43.0 Å². The van der Waals surface area contributed by atoms with Gasteiger partial charge in [-0.05, 0) is 32.8 Å². The van der Waals surface area contributed by atoms with Crippen LogP contribution in [0.4, 0.5) is 0 Å². The van der Waals surface area contributed by atoms with Crippen LogP contribution in [0.25, 0.3) is 0 Å². The SMILES string of the molecule is CCC1=C2CC(NS(=O)(=O)C(C)C)CN2C(C(C)(C)C)=N[C@H]1C. The van der Waals surface area contributed by atoms with Gasteiger partial charge in [0.25, 0.3) is 0 Å². The molecule has 23 heavy (non-hydrogen) atoms. The Hall–Kier alpha value is -0.880. The van der Waals surface area contributed by atoms with Crippen LogP contribution >= 0.6 is 0 Å². The van der Waals surface area contributed by atoms with Crippen molar-refractivity contribution in [3.05, 3.63) is 11.3 Å². The van der Waals surface area contributed by atoms with E-state index in [4.69, 9.17) is 4.99 Å². The zero-order valence-corrected chi connectivity index (χ0v) is 16.3. The molecule has 0 radical (unpaired) electrons. The highest BCUT2D eigenvalue weighted by molar-refractivity contribution is 7.90. The Kier molecular flexibility index (Phi) is 4.98. The lowest BCUT2D eigenvalue weighted by molar-refractivity contribution is 0.434. The molecule has 1 N–H and O–H groups in total. The first-order chi connectivity index (χ1) is 10.5. The predicted molar refractivity (Wildman–Crippen MR) is 96.0 cm³/mol. The quantitative estimate of drug-likeness (QED) is 0.855. The molecule has 0 amide bonds. The van der Waals surface area contributed by atoms with E-state index in [9.17, 15) is 8.42 Å². The summed E-state index contributed by atoms with van der Waals surface area (Å²) in [6.07, 6.45) is 1.71. The van der Waals surface area contributed by atoms with Gasteiger partial charge in [-0.2, -0.15) is 0 Å². The standard InChI is InChI=1S/C17H31N3O2S/c1-8-14-12(4)18-16(17(5,6)7)20-10-13(9-15(14)20)19-23(21,22)11(2)3/h11-13,19H,8-10H2,1-7H3/t12-,13?/m0/s1. The van der Waals surface area contributed by atoms with Crippen molar-refractivity contribution in [1.29, 1.82) is 0 Å². The first-order valence-electron chi connectivity index (χ1n) is 8.56. The average Bonchev–Trinajstić information content (AvgIpc) is 2.78. The van der Waals surface area contributed by atoms with E-state index < -0.39 is 15.3 Å². The van der Waals surface area contributed by atoms with Gasteiger partial charge in [0.15, 0.2) is 0 Å². The van der Waals surface area contributed by atoms with Crippen LogP contribution in [-0.2, 0) is 10.0 Å². The third-order valence-electron chi connectivity index (χ3n) is 4.62. The zero-order valence-electron chi connectivity index (χ0n) is 15.5. The van der Waals surface area contributed by atoms with Gasteiger partial charge < -0.3 is 4.90 Å². The third kappa shape index (κ3) is 3.63. The summed E-state index contributed by atoms with van der Waals surface area (Å²) in [5, 5.41) is -0.408. The van der Waals surface area contributed by atoms with Gasteiger partial charge in [-0.25, -0.2) is 13.1 Å². The second kappa shape index (κ2) is 6.20. The Morgan fingerprint density at radius 3 is 2.43 bits per heavy atom. The molecule has 0 aromatic rings. The van der Waals surface area contributed by atoms with Gasteiger partial charge in [0.05, 0.1) is 11.3 Å². The fourth-order valence-electron chi connectivity index (χ4n) is 3.37. The van der Waals surface area contributed by atoms with Crippen molar-refractivity contribution < 1.29 is 8.42 Å². The van der Waals surface area contributed by atoms with Gasteiger partial charge >= 0.3 is 0 Å². The normalized spacial score (nSPS) is 25.9. The molecule has 0 spiro atoms. The van der Waals surface area contributed by atoms with Crippen LogP contribution in [0.5, 0.6) is 0 Å². The number of nitrogens with zero attached hydrogens (tertiary/aromatic N) is 2. The van der Waals surface area contributed by atoms with Crippen LogP contribution in [0.1, 0.15) is 61.3 Å². The fourth-order valence-corrected chi connectivity index (χ4v) is 4.27. The van der Waals surface area contributed by atoms with E-state index in [1.165, 1.54) is 11.3 Å². The lowest BCUT2D eigenvalue weighted by Gasteiger charge is -2.37. The van der Waals surface area contributed by atoms with E-state index in [1.807, 2.05) is 0 Å². The number of sulfonamides is 1. The molecule has 2 heterocycles. The summed E-state index contributed by atoms with van der Waals surface area (Å²) in [5.41, 5.74) is 2.56. The topological polar surface area (TPSA) is 61.8 Å². The number of hydrogen-bond donors (Lipinski definition) is 1. The smallest absolute Gasteiger partial charge is 0.214 e. The van der Waals surface area contributed by atoms with Crippen LogP contribution in [0, 0.1) is 5.41 Å². The van der Waals surface area contributed by atoms with Crippen LogP contribution in [0.15, 0.2) is 16.3 Å². The number of nitrogens with one attached hydrogen (secondary N) is 1. The first-order valence-corrected chi connectivity index (χ1v) is 10.1. The van der Waals surface area contributed by atoms with Gasteiger partial charge in [0.2, 0.25) is 10.0 Å². The molecule has 2 rings (SSSR count). The van der Waals surface area contributed by atoms with E-state index >= 15 is 0 Å². The number of rotatable bonds is 4. The van der Waals surface area contributed by atoms with Crippen molar-refractivity contribution in [1.82, 2.24) is 9.62 Å². The van der Waals surface area contributed by atoms with E-state index in [0.717, 1.165) is 18.7 Å². The number of fused-ring (bicyclic) bond motifs is 1. The minimum atomic E-state index is -3.25. The molecule has 2 aliphatic heterocycles. The lowest BCUT2D eigenvalue weighted by Crippen LogP contribution is -2.44. The number of aliphatic imine (C=N–C) groups is 1. The lowest BCUT2D eigenvalue weighted by atomic mass is 9.90. The Morgan fingerprint density at radius 1 is 1.35 bits per heavy atom. The van der Waals surface area contributed by atoms with Crippen molar-refractivity contribution in [3.8, 4) is 0 Å². The maximum absolute atomic E-state index is 12.2. The summed E-state index contributed by atoms with van der Waals surface area (Å²) < 4.78 is 27.3. The molecule has 2 aliphatic rings. The molecule has 0 aromatic heterocycles. The molecule has 1 unspecified atom stereocenters. The van der Waals surface area contributed by atoms with Gasteiger partial charge in [-0.3, -0.25) is 4.99 Å². The Balaban J connectivity index is 2.33. The van der Waals surface area contributed by atoms with E-state index in [1.54, 1.807) is 13.8 Å². The van der Waals surface area contributed by atoms with Crippen molar-refractivity contribution in [2.75, 3.05) is 6.54 Å². The van der Waals surface area contributed by atoms with Crippen LogP contribution in [0.2, 0.25) is 0 Å². The van der Waals surface area contributed by atoms with E-state index in [2.05, 4.69) is 44.2 Å². The monoisotopic (exact) mass is 341 g/mol. The highest BCUT2D eigenvalue weighted by Crippen LogP contribution is 2.37. The number of hydrogen-bond acceptors (Lipinski definition) is 4. The Labute approximate surface area is 141 Å². The molecule has 6 heteroatoms. The van der Waals surface area contributed by atoms with Crippen molar-refractivity contribution in [2.45, 2.75) is 78.6 Å². The summed E-state index contributed by atoms with van der Waals surface area (Å²) >= 11 is 0. The predicted octanol–water partition coefficient (Wildman–Crippen LogP) is 2.90. The van der Waals surface area contributed by atoms with E-state index in [0.29, 0.717) is 6.54 Å². The van der Waals surface area contributed by atoms with Gasteiger partial charge in [-0.1, -0.05) is 27.7 Å². The Bertz CT molecular complexity index is 627. The second-order valence-electron chi connectivity index (χ2n) is 7.93. The Morgan fingerprint density at radius 2 is 1.96 bits per heavy atom. The maximum atomic E-state index is 12.2. The van der Waals surface area contributed by atoms with Gasteiger partial charge in [0, 0.05) is 30.1 Å². The van der Waals surface area contributed by atoms with Crippen LogP contribution < -0.4 is 4.72 Å². The fraction of sp³-hybridized carbons (Fsp3) is 0.824. The first kappa shape index (κ1) is 18.5. The van der Waals surface area contributed by atoms with Crippen LogP contribution in [0.3, 0.4) is 0 Å². The average molecular weight is 342 g/mol. The molecule has 0 saturated carbocycles. The molecule has 5 nitrogen and oxygen atoms in total. The van der Waals surface area contributed by atoms with Gasteiger partial charge in [-0.15, -0.1) is 0 Å². The molecule has 2 atom stereocenters. The van der Waals surface area contributed by atoms with E-state index in [-0.39, 0.29) is 17.5 Å². The summed E-state index contributed by atoms with van der Waals surface area (Å²) in [5.74, 6) is 1.07. The second-order valence-corrected chi connectivity index (χ2v) is 10.2. The number of amidine groups is 1. The molecule has 1 fully saturated rings. The summed E-state index contributed by atoms with van der Waals surface area (Å²) in [6, 6.07) is 0.109. The molecule has 0 bridgehead atoms. The zero-order chi connectivity index (χ0) is 17.6. The van der Waals surface area contributed by atoms with Gasteiger partial charge in [0.1, 0.15) is 5.84 Å². The van der Waals surface area contributed by atoms with Crippen molar-refractivity contribution >= 4 is 15.9 Å². The highest BCUT2D eigenvalue weighted by atomic mass is 32.2. The molecule has 0 aliphatic carbocycles. The van der Waals surface area contributed by atoms with Crippen molar-refractivity contribution in [3.63, 3.8) is 0 Å². The minimum absolute atomic E-state index is 0.0510. The largest absolute Gasteiger partial charge is 0.332 e. The highest BCUT2D eigenvalue weighted by Gasteiger charge is 2.40. The third-order valence-corrected chi connectivity index (χ3v) is 6.52. The maximum Gasteiger partial charge on any atom is 0.214 e.